The Morgan fingerprint density at radius 3 is 2.46 bits per heavy atom. The number of hydrogen-bond acceptors (Lipinski definition) is 9. The maximum absolute atomic E-state index is 13.0. The first-order chi connectivity index (χ1) is 18.0. The van der Waals surface area contributed by atoms with Crippen LogP contribution in [-0.2, 0) is 10.0 Å². The summed E-state index contributed by atoms with van der Waals surface area (Å²) in [5.74, 6) is 0.549. The van der Waals surface area contributed by atoms with Gasteiger partial charge in [-0.2, -0.15) is 0 Å². The SMILES string of the molecule is CN/C=C(\C=N)c1cnc2ccc(-c3cncc(NS(=O)(=O)c4ccc(-c5cnco5)cc4)c3)cc2n1. The average Bonchev–Trinajstić information content (AvgIpc) is 3.46. The lowest BCUT2D eigenvalue weighted by molar-refractivity contribution is 0.572. The highest BCUT2D eigenvalue weighted by Gasteiger charge is 2.16. The largest absolute Gasteiger partial charge is 0.444 e. The van der Waals surface area contributed by atoms with Crippen molar-refractivity contribution in [2.24, 2.45) is 0 Å². The number of hydrogen-bond donors (Lipinski definition) is 3. The smallest absolute Gasteiger partial charge is 0.261 e. The second kappa shape index (κ2) is 9.99. The molecule has 3 aromatic heterocycles. The molecule has 5 aromatic rings. The minimum atomic E-state index is -3.85. The molecule has 37 heavy (non-hydrogen) atoms. The van der Waals surface area contributed by atoms with Crippen molar-refractivity contribution in [3.05, 3.63) is 91.6 Å². The molecule has 0 atom stereocenters. The monoisotopic (exact) mass is 511 g/mol. The zero-order valence-corrected chi connectivity index (χ0v) is 20.4. The van der Waals surface area contributed by atoms with Crippen molar-refractivity contribution in [2.45, 2.75) is 4.90 Å². The number of allylic oxidation sites excluding steroid dienone is 1. The van der Waals surface area contributed by atoms with Gasteiger partial charge < -0.3 is 15.1 Å². The van der Waals surface area contributed by atoms with Gasteiger partial charge in [0.25, 0.3) is 10.0 Å². The number of nitrogens with zero attached hydrogens (tertiary/aromatic N) is 4. The number of nitrogens with one attached hydrogen (secondary N) is 3. The third-order valence-electron chi connectivity index (χ3n) is 5.50. The van der Waals surface area contributed by atoms with Gasteiger partial charge in [-0.15, -0.1) is 0 Å². The van der Waals surface area contributed by atoms with E-state index in [0.29, 0.717) is 39.3 Å². The van der Waals surface area contributed by atoms with Crippen LogP contribution >= 0.6 is 0 Å². The summed E-state index contributed by atoms with van der Waals surface area (Å²) in [5.41, 5.74) is 5.01. The Morgan fingerprint density at radius 2 is 1.73 bits per heavy atom. The van der Waals surface area contributed by atoms with Crippen molar-refractivity contribution in [3.8, 4) is 22.5 Å². The fraction of sp³-hybridized carbons (Fsp3) is 0.0385. The molecule has 0 aliphatic heterocycles. The number of sulfonamides is 1. The molecule has 184 valence electrons. The normalized spacial score (nSPS) is 11.9. The van der Waals surface area contributed by atoms with E-state index in [0.717, 1.165) is 11.1 Å². The molecular formula is C26H21N7O3S. The second-order valence-electron chi connectivity index (χ2n) is 7.95. The molecule has 0 bridgehead atoms. The van der Waals surface area contributed by atoms with Gasteiger partial charge in [0.05, 0.1) is 45.9 Å². The summed E-state index contributed by atoms with van der Waals surface area (Å²) in [6.45, 7) is 0. The first-order valence-electron chi connectivity index (χ1n) is 11.1. The first-order valence-corrected chi connectivity index (χ1v) is 12.6. The van der Waals surface area contributed by atoms with E-state index in [1.54, 1.807) is 50.0 Å². The molecule has 0 aliphatic rings. The Hall–Kier alpha value is -4.90. The second-order valence-corrected chi connectivity index (χ2v) is 9.63. The lowest BCUT2D eigenvalue weighted by atomic mass is 10.1. The standard InChI is InChI=1S/C26H21N7O3S/c1-28-11-20(10-27)25-14-31-23-7-4-18(9-24(23)32-25)19-8-21(13-29-12-19)33-37(34,35)22-5-2-17(3-6-22)26-15-30-16-36-26/h2-16,27-28,33H,1H3/b20-11+,27-10?. The van der Waals surface area contributed by atoms with Crippen molar-refractivity contribution in [1.29, 1.82) is 5.41 Å². The molecule has 0 radical (unpaired) electrons. The van der Waals surface area contributed by atoms with Crippen molar-refractivity contribution in [1.82, 2.24) is 25.3 Å². The molecule has 10 nitrogen and oxygen atoms in total. The molecule has 0 saturated carbocycles. The third kappa shape index (κ3) is 5.07. The number of anilines is 1. The highest BCUT2D eigenvalue weighted by molar-refractivity contribution is 7.92. The van der Waals surface area contributed by atoms with Gasteiger partial charge in [-0.3, -0.25) is 14.7 Å². The van der Waals surface area contributed by atoms with Gasteiger partial charge in [0.15, 0.2) is 12.2 Å². The predicted octanol–water partition coefficient (Wildman–Crippen LogP) is 4.36. The maximum atomic E-state index is 13.0. The quantitative estimate of drug-likeness (QED) is 0.260. The highest BCUT2D eigenvalue weighted by Crippen LogP contribution is 2.27. The Kier molecular flexibility index (Phi) is 6.43. The molecule has 3 heterocycles. The van der Waals surface area contributed by atoms with E-state index in [1.807, 2.05) is 18.2 Å². The molecule has 3 N–H and O–H groups in total. The van der Waals surface area contributed by atoms with Crippen LogP contribution in [-0.4, -0.2) is 41.6 Å². The molecule has 0 amide bonds. The number of oxazole rings is 1. The first kappa shape index (κ1) is 23.8. The molecule has 0 saturated heterocycles. The van der Waals surface area contributed by atoms with E-state index >= 15 is 0 Å². The van der Waals surface area contributed by atoms with E-state index in [-0.39, 0.29) is 4.90 Å². The van der Waals surface area contributed by atoms with Crippen LogP contribution in [0.25, 0.3) is 39.1 Å². The molecular weight excluding hydrogens is 490 g/mol. The van der Waals surface area contributed by atoms with Crippen LogP contribution in [0.15, 0.2) is 95.2 Å². The van der Waals surface area contributed by atoms with Gasteiger partial charge >= 0.3 is 0 Å². The van der Waals surface area contributed by atoms with Crippen molar-refractivity contribution in [3.63, 3.8) is 0 Å². The van der Waals surface area contributed by atoms with Gasteiger partial charge in [0.2, 0.25) is 0 Å². The summed E-state index contributed by atoms with van der Waals surface area (Å²) in [7, 11) is -2.10. The zero-order valence-electron chi connectivity index (χ0n) is 19.6. The van der Waals surface area contributed by atoms with Crippen molar-refractivity contribution in [2.75, 3.05) is 11.8 Å². The Balaban J connectivity index is 1.42. The number of aromatic nitrogens is 4. The van der Waals surface area contributed by atoms with E-state index in [4.69, 9.17) is 9.83 Å². The van der Waals surface area contributed by atoms with Gasteiger partial charge in [-0.25, -0.2) is 18.4 Å². The number of fused-ring (bicyclic) bond motifs is 1. The topological polar surface area (TPSA) is 147 Å². The Bertz CT molecular complexity index is 1720. The summed E-state index contributed by atoms with van der Waals surface area (Å²) in [5, 5.41) is 10.5. The molecule has 0 unspecified atom stereocenters. The number of benzene rings is 2. The summed E-state index contributed by atoms with van der Waals surface area (Å²) in [6.07, 6.45) is 10.5. The highest BCUT2D eigenvalue weighted by atomic mass is 32.2. The van der Waals surface area contributed by atoms with Gasteiger partial charge in [0, 0.05) is 42.4 Å². The summed E-state index contributed by atoms with van der Waals surface area (Å²) in [6, 6.07) is 13.6. The number of pyridine rings is 1. The molecule has 5 rings (SSSR count). The van der Waals surface area contributed by atoms with Gasteiger partial charge in [0.1, 0.15) is 0 Å². The maximum Gasteiger partial charge on any atom is 0.261 e. The minimum Gasteiger partial charge on any atom is -0.444 e. The lowest BCUT2D eigenvalue weighted by Crippen LogP contribution is -2.13. The van der Waals surface area contributed by atoms with Crippen LogP contribution in [0.1, 0.15) is 5.69 Å². The van der Waals surface area contributed by atoms with Crippen LogP contribution in [0.2, 0.25) is 0 Å². The van der Waals surface area contributed by atoms with Crippen LogP contribution < -0.4 is 10.0 Å². The van der Waals surface area contributed by atoms with Gasteiger partial charge in [-0.1, -0.05) is 6.07 Å². The van der Waals surface area contributed by atoms with Crippen molar-refractivity contribution < 1.29 is 12.8 Å². The van der Waals surface area contributed by atoms with E-state index in [9.17, 15) is 8.42 Å². The molecule has 0 fully saturated rings. The van der Waals surface area contributed by atoms with E-state index < -0.39 is 10.0 Å². The summed E-state index contributed by atoms with van der Waals surface area (Å²) < 4.78 is 33.8. The fourth-order valence-electron chi connectivity index (χ4n) is 3.70. The molecule has 0 spiro atoms. The summed E-state index contributed by atoms with van der Waals surface area (Å²) in [4.78, 5) is 17.3. The van der Waals surface area contributed by atoms with Crippen LogP contribution in [0.4, 0.5) is 5.69 Å². The molecule has 0 aliphatic carbocycles. The zero-order chi connectivity index (χ0) is 25.8. The molecule has 2 aromatic carbocycles. The van der Waals surface area contributed by atoms with Crippen molar-refractivity contribution >= 4 is 38.5 Å². The third-order valence-corrected chi connectivity index (χ3v) is 6.90. The fourth-order valence-corrected chi connectivity index (χ4v) is 4.73. The Labute approximate surface area is 212 Å². The van der Waals surface area contributed by atoms with E-state index in [1.165, 1.54) is 30.9 Å². The van der Waals surface area contributed by atoms with Crippen LogP contribution in [0.5, 0.6) is 0 Å². The van der Waals surface area contributed by atoms with E-state index in [2.05, 4.69) is 30.0 Å². The predicted molar refractivity (Wildman–Crippen MR) is 141 cm³/mol. The average molecular weight is 512 g/mol. The lowest BCUT2D eigenvalue weighted by Gasteiger charge is -2.10. The molecule has 11 heteroatoms. The minimum absolute atomic E-state index is 0.103. The number of rotatable bonds is 8. The Morgan fingerprint density at radius 1 is 0.919 bits per heavy atom. The summed E-state index contributed by atoms with van der Waals surface area (Å²) >= 11 is 0. The van der Waals surface area contributed by atoms with Crippen LogP contribution in [0, 0.1) is 5.41 Å². The van der Waals surface area contributed by atoms with Crippen LogP contribution in [0.3, 0.4) is 0 Å². The van der Waals surface area contributed by atoms with Gasteiger partial charge in [-0.05, 0) is 48.0 Å².